The fraction of sp³-hybridized carbons (Fsp3) is 0.333. The summed E-state index contributed by atoms with van der Waals surface area (Å²) >= 11 is 5.54. The summed E-state index contributed by atoms with van der Waals surface area (Å²) in [5.74, 6) is 0. The lowest BCUT2D eigenvalue weighted by atomic mass is 10.4. The van der Waals surface area contributed by atoms with Gasteiger partial charge in [0.2, 0.25) is 0 Å². The zero-order valence-electron chi connectivity index (χ0n) is 4.61. The highest BCUT2D eigenvalue weighted by Crippen LogP contribution is 2.00. The van der Waals surface area contributed by atoms with Gasteiger partial charge < -0.3 is 0 Å². The van der Waals surface area contributed by atoms with E-state index in [2.05, 4.69) is 0 Å². The van der Waals surface area contributed by atoms with Crippen molar-refractivity contribution in [2.45, 2.75) is 13.8 Å². The molecule has 7 heavy (non-hydrogen) atoms. The van der Waals surface area contributed by atoms with Gasteiger partial charge in [-0.1, -0.05) is 23.8 Å². The van der Waals surface area contributed by atoms with Crippen LogP contribution in [-0.2, 0) is 0 Å². The Bertz CT molecular complexity index is 90.4. The molecule has 0 spiro atoms. The lowest BCUT2D eigenvalue weighted by Gasteiger charge is -1.78. The third-order valence-electron chi connectivity index (χ3n) is 0.602. The molecule has 0 heterocycles. The monoisotopic (exact) mass is 116 g/mol. The van der Waals surface area contributed by atoms with Crippen LogP contribution >= 0.6 is 11.6 Å². The first-order valence-corrected chi connectivity index (χ1v) is 2.63. The van der Waals surface area contributed by atoms with Crippen LogP contribution in [0.3, 0.4) is 0 Å². The minimum Gasteiger partial charge on any atom is -0.0862 e. The second-order valence-electron chi connectivity index (χ2n) is 1.17. The molecule has 40 valence electrons. The van der Waals surface area contributed by atoms with Gasteiger partial charge in [0.05, 0.1) is 0 Å². The molecule has 0 bridgehead atoms. The van der Waals surface area contributed by atoms with E-state index in [9.17, 15) is 0 Å². The number of allylic oxidation sites excluding steroid dienone is 4. The third kappa shape index (κ3) is 3.60. The summed E-state index contributed by atoms with van der Waals surface area (Å²) in [5.41, 5.74) is 0. The predicted molar refractivity (Wildman–Crippen MR) is 34.4 cm³/mol. The Morgan fingerprint density at radius 1 is 1.43 bits per heavy atom. The minimum absolute atomic E-state index is 0.794. The van der Waals surface area contributed by atoms with Crippen LogP contribution < -0.4 is 0 Å². The first kappa shape index (κ1) is 6.77. The molecule has 0 saturated carbocycles. The molecule has 0 aromatic carbocycles. The standard InChI is InChI=1S/C6H9Cl/c1-3-5-6(7)4-2/h3-5H,1-2H3/b5-3+,6-4-. The summed E-state index contributed by atoms with van der Waals surface area (Å²) in [4.78, 5) is 0. The molecule has 0 aliphatic carbocycles. The van der Waals surface area contributed by atoms with Gasteiger partial charge >= 0.3 is 0 Å². The second kappa shape index (κ2) is 3.94. The Balaban J connectivity index is 3.58. The van der Waals surface area contributed by atoms with Crippen LogP contribution in [0, 0.1) is 0 Å². The van der Waals surface area contributed by atoms with Crippen LogP contribution in [0.5, 0.6) is 0 Å². The minimum atomic E-state index is 0.794. The highest BCUT2D eigenvalue weighted by Gasteiger charge is 1.73. The van der Waals surface area contributed by atoms with Crippen molar-refractivity contribution in [1.29, 1.82) is 0 Å². The van der Waals surface area contributed by atoms with Gasteiger partial charge in [0, 0.05) is 5.03 Å². The fourth-order valence-electron chi connectivity index (χ4n) is 0.255. The molecule has 0 rings (SSSR count). The van der Waals surface area contributed by atoms with E-state index in [0.717, 1.165) is 5.03 Å². The molecule has 1 heteroatoms. The normalized spacial score (nSPS) is 13.3. The Kier molecular flexibility index (Phi) is 3.81. The first-order valence-electron chi connectivity index (χ1n) is 2.25. The maximum absolute atomic E-state index is 5.54. The van der Waals surface area contributed by atoms with Crippen molar-refractivity contribution in [3.8, 4) is 0 Å². The molecular formula is C6H9Cl. The largest absolute Gasteiger partial charge is 0.0862 e. The molecule has 0 N–H and O–H groups in total. The van der Waals surface area contributed by atoms with Gasteiger partial charge in [0.15, 0.2) is 0 Å². The molecule has 0 aromatic heterocycles. The Labute approximate surface area is 49.5 Å². The fourth-order valence-corrected chi connectivity index (χ4v) is 0.381. The Morgan fingerprint density at radius 2 is 2.00 bits per heavy atom. The van der Waals surface area contributed by atoms with Gasteiger partial charge in [0.25, 0.3) is 0 Å². The van der Waals surface area contributed by atoms with Crippen molar-refractivity contribution >= 4 is 11.6 Å². The summed E-state index contributed by atoms with van der Waals surface area (Å²) < 4.78 is 0. The molecule has 0 atom stereocenters. The average molecular weight is 117 g/mol. The summed E-state index contributed by atoms with van der Waals surface area (Å²) in [7, 11) is 0. The van der Waals surface area contributed by atoms with E-state index in [-0.39, 0.29) is 0 Å². The van der Waals surface area contributed by atoms with Crippen molar-refractivity contribution in [2.24, 2.45) is 0 Å². The lowest BCUT2D eigenvalue weighted by molar-refractivity contribution is 1.65. The average Bonchev–Trinajstić information content (AvgIpc) is 1.68. The van der Waals surface area contributed by atoms with Crippen LogP contribution in [0.15, 0.2) is 23.3 Å². The van der Waals surface area contributed by atoms with E-state index in [0.29, 0.717) is 0 Å². The van der Waals surface area contributed by atoms with Gasteiger partial charge in [-0.2, -0.15) is 0 Å². The second-order valence-corrected chi connectivity index (χ2v) is 1.61. The van der Waals surface area contributed by atoms with Crippen molar-refractivity contribution < 1.29 is 0 Å². The van der Waals surface area contributed by atoms with E-state index in [1.807, 2.05) is 32.1 Å². The molecule has 0 amide bonds. The molecule has 0 unspecified atom stereocenters. The number of hydrogen-bond donors (Lipinski definition) is 0. The Morgan fingerprint density at radius 3 is 2.14 bits per heavy atom. The summed E-state index contributed by atoms with van der Waals surface area (Å²) in [6.07, 6.45) is 5.60. The number of hydrogen-bond acceptors (Lipinski definition) is 0. The molecule has 0 aliphatic rings. The highest BCUT2D eigenvalue weighted by atomic mass is 35.5. The van der Waals surface area contributed by atoms with Gasteiger partial charge in [-0.05, 0) is 19.9 Å². The zero-order valence-corrected chi connectivity index (χ0v) is 5.37. The van der Waals surface area contributed by atoms with Gasteiger partial charge in [-0.3, -0.25) is 0 Å². The van der Waals surface area contributed by atoms with Crippen LogP contribution in [-0.4, -0.2) is 0 Å². The van der Waals surface area contributed by atoms with E-state index >= 15 is 0 Å². The first-order chi connectivity index (χ1) is 3.31. The van der Waals surface area contributed by atoms with Crippen LogP contribution in [0.1, 0.15) is 13.8 Å². The lowest BCUT2D eigenvalue weighted by Crippen LogP contribution is -1.54. The number of rotatable bonds is 1. The molecule has 0 aliphatic heterocycles. The molecular weight excluding hydrogens is 108 g/mol. The molecule has 0 radical (unpaired) electrons. The van der Waals surface area contributed by atoms with Gasteiger partial charge in [-0.15, -0.1) is 0 Å². The maximum Gasteiger partial charge on any atom is 0.0360 e. The van der Waals surface area contributed by atoms with E-state index in [4.69, 9.17) is 11.6 Å². The number of halogens is 1. The topological polar surface area (TPSA) is 0 Å². The van der Waals surface area contributed by atoms with Crippen molar-refractivity contribution in [3.63, 3.8) is 0 Å². The zero-order chi connectivity index (χ0) is 5.70. The van der Waals surface area contributed by atoms with Crippen molar-refractivity contribution in [2.75, 3.05) is 0 Å². The predicted octanol–water partition coefficient (Wildman–Crippen LogP) is 2.71. The van der Waals surface area contributed by atoms with Crippen LogP contribution in [0.25, 0.3) is 0 Å². The molecule has 0 fully saturated rings. The van der Waals surface area contributed by atoms with Crippen LogP contribution in [0.2, 0.25) is 0 Å². The van der Waals surface area contributed by atoms with Gasteiger partial charge in [-0.25, -0.2) is 0 Å². The molecule has 0 nitrogen and oxygen atoms in total. The summed E-state index contributed by atoms with van der Waals surface area (Å²) in [6.45, 7) is 3.84. The van der Waals surface area contributed by atoms with E-state index in [1.165, 1.54) is 0 Å². The quantitative estimate of drug-likeness (QED) is 0.462. The van der Waals surface area contributed by atoms with Crippen molar-refractivity contribution in [1.82, 2.24) is 0 Å². The third-order valence-corrected chi connectivity index (χ3v) is 0.946. The molecule has 0 aromatic rings. The van der Waals surface area contributed by atoms with Crippen LogP contribution in [0.4, 0.5) is 0 Å². The summed E-state index contributed by atoms with van der Waals surface area (Å²) in [6, 6.07) is 0. The van der Waals surface area contributed by atoms with Crippen molar-refractivity contribution in [3.05, 3.63) is 23.3 Å². The van der Waals surface area contributed by atoms with E-state index in [1.54, 1.807) is 0 Å². The maximum atomic E-state index is 5.54. The van der Waals surface area contributed by atoms with E-state index < -0.39 is 0 Å². The Hall–Kier alpha value is -0.230. The van der Waals surface area contributed by atoms with Gasteiger partial charge in [0.1, 0.15) is 0 Å². The smallest absolute Gasteiger partial charge is 0.0360 e. The highest BCUT2D eigenvalue weighted by molar-refractivity contribution is 6.31. The molecule has 0 saturated heterocycles. The SMILES string of the molecule is C/C=C(Cl)/C=C/C. The summed E-state index contributed by atoms with van der Waals surface area (Å²) in [5, 5.41) is 0.794.